The summed E-state index contributed by atoms with van der Waals surface area (Å²) in [4.78, 5) is 28.0. The van der Waals surface area contributed by atoms with Crippen molar-refractivity contribution in [3.05, 3.63) is 45.9 Å². The number of rotatable bonds is 4. The van der Waals surface area contributed by atoms with Crippen LogP contribution >= 0.6 is 22.9 Å². The minimum absolute atomic E-state index is 0.120. The van der Waals surface area contributed by atoms with Gasteiger partial charge in [0.2, 0.25) is 0 Å². The summed E-state index contributed by atoms with van der Waals surface area (Å²) in [5, 5.41) is 6.12. The second-order valence-electron chi connectivity index (χ2n) is 7.17. The van der Waals surface area contributed by atoms with E-state index in [1.807, 2.05) is 19.1 Å². The number of amides is 1. The molecular formula is C21H22ClN3O3S. The van der Waals surface area contributed by atoms with Crippen LogP contribution in [0.2, 0.25) is 5.02 Å². The summed E-state index contributed by atoms with van der Waals surface area (Å²) in [6.45, 7) is 3.18. The van der Waals surface area contributed by atoms with E-state index in [4.69, 9.17) is 16.3 Å². The summed E-state index contributed by atoms with van der Waals surface area (Å²) in [5.41, 5.74) is 1.69. The molecule has 152 valence electrons. The Kier molecular flexibility index (Phi) is 5.87. The first kappa shape index (κ1) is 19.9. The number of ether oxygens (including phenoxy) is 1. The Labute approximate surface area is 178 Å². The molecule has 1 fully saturated rings. The highest BCUT2D eigenvalue weighted by Crippen LogP contribution is 2.31. The highest BCUT2D eigenvalue weighted by atomic mass is 35.5. The van der Waals surface area contributed by atoms with Gasteiger partial charge in [0.05, 0.1) is 11.4 Å². The molecule has 8 heteroatoms. The number of hydrogen-bond donors (Lipinski definition) is 0. The number of esters is 1. The van der Waals surface area contributed by atoms with Crippen molar-refractivity contribution in [1.29, 1.82) is 0 Å². The zero-order chi connectivity index (χ0) is 20.4. The van der Waals surface area contributed by atoms with Crippen LogP contribution in [0.1, 0.15) is 41.0 Å². The lowest BCUT2D eigenvalue weighted by Gasteiger charge is -2.19. The summed E-state index contributed by atoms with van der Waals surface area (Å²) < 4.78 is 7.11. The highest BCUT2D eigenvalue weighted by Gasteiger charge is 2.21. The predicted octanol–water partition coefficient (Wildman–Crippen LogP) is 4.61. The Morgan fingerprint density at radius 1 is 1.14 bits per heavy atom. The van der Waals surface area contributed by atoms with Crippen LogP contribution in [-0.2, 0) is 9.53 Å². The lowest BCUT2D eigenvalue weighted by Crippen LogP contribution is -2.35. The smallest absolute Gasteiger partial charge is 0.348 e. The van der Waals surface area contributed by atoms with Crippen LogP contribution in [0, 0.1) is 6.92 Å². The van der Waals surface area contributed by atoms with Gasteiger partial charge in [-0.15, -0.1) is 11.3 Å². The van der Waals surface area contributed by atoms with Crippen molar-refractivity contribution in [2.75, 3.05) is 19.7 Å². The van der Waals surface area contributed by atoms with Crippen LogP contribution in [0.25, 0.3) is 15.9 Å². The molecule has 4 rings (SSSR count). The van der Waals surface area contributed by atoms with E-state index in [1.165, 1.54) is 11.3 Å². The fraction of sp³-hybridized carbons (Fsp3) is 0.381. The number of aryl methyl sites for hydroxylation is 1. The first-order chi connectivity index (χ1) is 14.0. The number of nitrogens with zero attached hydrogens (tertiary/aromatic N) is 3. The molecule has 3 heterocycles. The maximum atomic E-state index is 12.5. The van der Waals surface area contributed by atoms with Gasteiger partial charge in [0, 0.05) is 23.5 Å². The van der Waals surface area contributed by atoms with E-state index < -0.39 is 5.97 Å². The second kappa shape index (κ2) is 8.55. The molecule has 0 atom stereocenters. The molecule has 0 saturated carbocycles. The Bertz CT molecular complexity index is 1030. The number of thiophene rings is 1. The van der Waals surface area contributed by atoms with E-state index in [0.29, 0.717) is 9.90 Å². The third kappa shape index (κ3) is 4.31. The molecule has 3 aromatic rings. The van der Waals surface area contributed by atoms with Crippen molar-refractivity contribution < 1.29 is 14.3 Å². The molecule has 1 amide bonds. The molecule has 1 saturated heterocycles. The molecule has 0 N–H and O–H groups in total. The lowest BCUT2D eigenvalue weighted by atomic mass is 10.2. The molecule has 29 heavy (non-hydrogen) atoms. The third-order valence-electron chi connectivity index (χ3n) is 5.10. The molecule has 1 aliphatic rings. The Morgan fingerprint density at radius 3 is 2.52 bits per heavy atom. The van der Waals surface area contributed by atoms with Crippen LogP contribution in [-0.4, -0.2) is 46.3 Å². The van der Waals surface area contributed by atoms with E-state index in [1.54, 1.807) is 27.8 Å². The van der Waals surface area contributed by atoms with E-state index in [2.05, 4.69) is 5.10 Å². The molecule has 2 aromatic heterocycles. The normalized spacial score (nSPS) is 14.8. The van der Waals surface area contributed by atoms with Crippen LogP contribution in [0.3, 0.4) is 0 Å². The minimum Gasteiger partial charge on any atom is -0.451 e. The Morgan fingerprint density at radius 2 is 1.83 bits per heavy atom. The third-order valence-corrected chi connectivity index (χ3v) is 6.45. The van der Waals surface area contributed by atoms with Crippen molar-refractivity contribution in [2.45, 2.75) is 32.6 Å². The predicted molar refractivity (Wildman–Crippen MR) is 114 cm³/mol. The van der Waals surface area contributed by atoms with Crippen molar-refractivity contribution in [1.82, 2.24) is 14.7 Å². The molecule has 0 bridgehead atoms. The molecule has 6 nitrogen and oxygen atoms in total. The summed E-state index contributed by atoms with van der Waals surface area (Å²) in [6, 6.07) is 9.15. The van der Waals surface area contributed by atoms with E-state index >= 15 is 0 Å². The second-order valence-corrected chi connectivity index (χ2v) is 8.64. The fourth-order valence-electron chi connectivity index (χ4n) is 3.51. The van der Waals surface area contributed by atoms with E-state index in [0.717, 1.165) is 60.4 Å². The zero-order valence-corrected chi connectivity index (χ0v) is 17.8. The van der Waals surface area contributed by atoms with Gasteiger partial charge in [-0.05, 0) is 50.1 Å². The quantitative estimate of drug-likeness (QED) is 0.566. The van der Waals surface area contributed by atoms with Crippen LogP contribution < -0.4 is 0 Å². The number of carbonyl (C=O) groups excluding carboxylic acids is 2. The molecule has 1 aliphatic heterocycles. The summed E-state index contributed by atoms with van der Waals surface area (Å²) in [6.07, 6.45) is 4.32. The molecule has 0 radical (unpaired) electrons. The average Bonchev–Trinajstić information content (AvgIpc) is 3.15. The van der Waals surface area contributed by atoms with Crippen LogP contribution in [0.5, 0.6) is 0 Å². The van der Waals surface area contributed by atoms with E-state index in [9.17, 15) is 9.59 Å². The molecular weight excluding hydrogens is 410 g/mol. The number of carbonyl (C=O) groups is 2. The highest BCUT2D eigenvalue weighted by molar-refractivity contribution is 7.20. The monoisotopic (exact) mass is 431 g/mol. The van der Waals surface area contributed by atoms with Gasteiger partial charge in [0.15, 0.2) is 6.61 Å². The van der Waals surface area contributed by atoms with Crippen molar-refractivity contribution >= 4 is 45.0 Å². The fourth-order valence-corrected chi connectivity index (χ4v) is 4.72. The number of fused-ring (bicyclic) bond motifs is 1. The Hall–Kier alpha value is -2.38. The van der Waals surface area contributed by atoms with Gasteiger partial charge in [-0.1, -0.05) is 24.4 Å². The lowest BCUT2D eigenvalue weighted by molar-refractivity contribution is -0.134. The maximum absolute atomic E-state index is 12.5. The molecule has 0 aliphatic carbocycles. The van der Waals surface area contributed by atoms with Gasteiger partial charge in [-0.2, -0.15) is 5.10 Å². The SMILES string of the molecule is Cc1nn(-c2ccc(Cl)cc2)c2sc(C(=O)OCC(=O)N3CCCCCC3)cc12. The summed E-state index contributed by atoms with van der Waals surface area (Å²) in [5.74, 6) is -0.596. The van der Waals surface area contributed by atoms with Gasteiger partial charge in [0.1, 0.15) is 9.71 Å². The topological polar surface area (TPSA) is 64.4 Å². The number of halogens is 1. The maximum Gasteiger partial charge on any atom is 0.348 e. The zero-order valence-electron chi connectivity index (χ0n) is 16.2. The summed E-state index contributed by atoms with van der Waals surface area (Å²) in [7, 11) is 0. The van der Waals surface area contributed by atoms with Crippen molar-refractivity contribution in [3.63, 3.8) is 0 Å². The summed E-state index contributed by atoms with van der Waals surface area (Å²) >= 11 is 7.28. The number of benzene rings is 1. The molecule has 0 spiro atoms. The molecule has 1 aromatic carbocycles. The minimum atomic E-state index is -0.476. The van der Waals surface area contributed by atoms with Gasteiger partial charge in [-0.3, -0.25) is 4.79 Å². The largest absolute Gasteiger partial charge is 0.451 e. The van der Waals surface area contributed by atoms with Crippen molar-refractivity contribution in [3.8, 4) is 5.69 Å². The van der Waals surface area contributed by atoms with Crippen LogP contribution in [0.15, 0.2) is 30.3 Å². The van der Waals surface area contributed by atoms with Gasteiger partial charge in [-0.25, -0.2) is 9.48 Å². The van der Waals surface area contributed by atoms with Gasteiger partial charge >= 0.3 is 5.97 Å². The van der Waals surface area contributed by atoms with Crippen molar-refractivity contribution in [2.24, 2.45) is 0 Å². The first-order valence-corrected chi connectivity index (χ1v) is 10.9. The van der Waals surface area contributed by atoms with Crippen LogP contribution in [0.4, 0.5) is 0 Å². The first-order valence-electron chi connectivity index (χ1n) is 9.73. The van der Waals surface area contributed by atoms with Gasteiger partial charge < -0.3 is 9.64 Å². The molecule has 0 unspecified atom stereocenters. The van der Waals surface area contributed by atoms with Gasteiger partial charge in [0.25, 0.3) is 5.91 Å². The standard InChI is InChI=1S/C21H22ClN3O3S/c1-14-17-12-18(21(27)28-13-19(26)24-10-4-2-3-5-11-24)29-20(17)25(23-14)16-8-6-15(22)7-9-16/h6-9,12H,2-5,10-11,13H2,1H3. The Balaban J connectivity index is 1.49. The number of hydrogen-bond acceptors (Lipinski definition) is 5. The van der Waals surface area contributed by atoms with E-state index in [-0.39, 0.29) is 12.5 Å². The number of aromatic nitrogens is 2. The number of likely N-dealkylation sites (tertiary alicyclic amines) is 1. The average molecular weight is 432 g/mol.